The van der Waals surface area contributed by atoms with E-state index >= 15 is 0 Å². The first-order chi connectivity index (χ1) is 14.9. The van der Waals surface area contributed by atoms with E-state index in [1.807, 2.05) is 0 Å². The van der Waals surface area contributed by atoms with E-state index in [0.717, 1.165) is 5.56 Å². The molecule has 7 heteroatoms. The van der Waals surface area contributed by atoms with E-state index < -0.39 is 5.97 Å². The molecule has 31 heavy (non-hydrogen) atoms. The molecular formula is C24H27N3O4. The molecule has 0 fully saturated rings. The average molecular weight is 421 g/mol. The molecule has 0 saturated heterocycles. The van der Waals surface area contributed by atoms with E-state index in [1.54, 1.807) is 24.3 Å². The molecule has 3 rings (SSSR count). The summed E-state index contributed by atoms with van der Waals surface area (Å²) in [6.07, 6.45) is 0.961. The Morgan fingerprint density at radius 1 is 1.06 bits per heavy atom. The number of rotatable bonds is 9. The number of amides is 1. The lowest BCUT2D eigenvalue weighted by Crippen LogP contribution is -2.30. The number of fused-ring (bicyclic) bond motifs is 1. The topological polar surface area (TPSA) is 101 Å². The number of ether oxygens (including phenoxy) is 1. The van der Waals surface area contributed by atoms with Gasteiger partial charge in [0.15, 0.2) is 6.61 Å². The van der Waals surface area contributed by atoms with Crippen molar-refractivity contribution in [2.24, 2.45) is 0 Å². The van der Waals surface area contributed by atoms with Crippen molar-refractivity contribution in [1.29, 1.82) is 0 Å². The Morgan fingerprint density at radius 3 is 2.55 bits per heavy atom. The van der Waals surface area contributed by atoms with Crippen LogP contribution in [-0.2, 0) is 27.2 Å². The number of carbonyl (C=O) groups excluding carboxylic acids is 2. The molecule has 7 nitrogen and oxygen atoms in total. The van der Waals surface area contributed by atoms with E-state index in [2.05, 4.69) is 53.4 Å². The van der Waals surface area contributed by atoms with E-state index in [9.17, 15) is 14.4 Å². The van der Waals surface area contributed by atoms with Crippen LogP contribution in [0.5, 0.6) is 0 Å². The highest BCUT2D eigenvalue weighted by atomic mass is 16.5. The Labute approximate surface area is 180 Å². The Balaban J connectivity index is 1.37. The molecule has 1 heterocycles. The second kappa shape index (κ2) is 10.5. The van der Waals surface area contributed by atoms with Crippen LogP contribution in [0.3, 0.4) is 0 Å². The molecule has 0 radical (unpaired) electrons. The molecule has 2 N–H and O–H groups in total. The van der Waals surface area contributed by atoms with Crippen LogP contribution >= 0.6 is 0 Å². The predicted molar refractivity (Wildman–Crippen MR) is 119 cm³/mol. The van der Waals surface area contributed by atoms with Gasteiger partial charge in [0.2, 0.25) is 0 Å². The summed E-state index contributed by atoms with van der Waals surface area (Å²) in [5, 5.41) is 3.25. The van der Waals surface area contributed by atoms with Crippen LogP contribution in [0, 0.1) is 0 Å². The number of esters is 1. The number of hydrogen-bond donors (Lipinski definition) is 2. The van der Waals surface area contributed by atoms with Crippen LogP contribution < -0.4 is 10.9 Å². The van der Waals surface area contributed by atoms with Crippen molar-refractivity contribution in [2.45, 2.75) is 39.0 Å². The summed E-state index contributed by atoms with van der Waals surface area (Å²) in [4.78, 5) is 42.9. The van der Waals surface area contributed by atoms with Gasteiger partial charge in [-0.2, -0.15) is 0 Å². The first-order valence-electron chi connectivity index (χ1n) is 10.4. The summed E-state index contributed by atoms with van der Waals surface area (Å²) in [6.45, 7) is 4.44. The fourth-order valence-corrected chi connectivity index (χ4v) is 3.16. The molecule has 1 amide bonds. The largest absolute Gasteiger partial charge is 0.456 e. The van der Waals surface area contributed by atoms with Crippen LogP contribution in [0.25, 0.3) is 10.9 Å². The van der Waals surface area contributed by atoms with Crippen LogP contribution in [0.1, 0.15) is 43.1 Å². The van der Waals surface area contributed by atoms with Crippen molar-refractivity contribution in [3.63, 3.8) is 0 Å². The number of para-hydroxylation sites is 1. The molecular weight excluding hydrogens is 394 g/mol. The van der Waals surface area contributed by atoms with Crippen molar-refractivity contribution in [2.75, 3.05) is 13.2 Å². The Morgan fingerprint density at radius 2 is 1.81 bits per heavy atom. The smallest absolute Gasteiger partial charge is 0.306 e. The first kappa shape index (κ1) is 22.2. The number of carbonyl (C=O) groups is 2. The lowest BCUT2D eigenvalue weighted by molar-refractivity contribution is -0.148. The number of H-pyrrole nitrogens is 1. The van der Waals surface area contributed by atoms with E-state index in [1.165, 1.54) is 5.56 Å². The number of aryl methyl sites for hydroxylation is 1. The van der Waals surface area contributed by atoms with Gasteiger partial charge in [-0.05, 0) is 35.6 Å². The number of benzene rings is 2. The minimum Gasteiger partial charge on any atom is -0.456 e. The van der Waals surface area contributed by atoms with E-state index in [0.29, 0.717) is 35.6 Å². The van der Waals surface area contributed by atoms with Crippen molar-refractivity contribution >= 4 is 22.8 Å². The normalized spacial score (nSPS) is 10.9. The van der Waals surface area contributed by atoms with Gasteiger partial charge in [-0.3, -0.25) is 14.4 Å². The molecule has 162 valence electrons. The van der Waals surface area contributed by atoms with Crippen molar-refractivity contribution in [1.82, 2.24) is 15.3 Å². The van der Waals surface area contributed by atoms with Gasteiger partial charge in [-0.25, -0.2) is 4.98 Å². The minimum atomic E-state index is -0.518. The third-order valence-electron chi connectivity index (χ3n) is 4.97. The van der Waals surface area contributed by atoms with Gasteiger partial charge in [-0.15, -0.1) is 0 Å². The highest BCUT2D eigenvalue weighted by molar-refractivity contribution is 5.80. The first-order valence-corrected chi connectivity index (χ1v) is 10.4. The summed E-state index contributed by atoms with van der Waals surface area (Å²) in [7, 11) is 0. The summed E-state index contributed by atoms with van der Waals surface area (Å²) in [6, 6.07) is 15.3. The SMILES string of the molecule is CC(C)c1ccc(CCNC(=O)COC(=O)CCc2nc3ccccc3c(=O)[nH]2)cc1. The van der Waals surface area contributed by atoms with Gasteiger partial charge in [0, 0.05) is 13.0 Å². The zero-order valence-electron chi connectivity index (χ0n) is 17.8. The molecule has 2 aromatic carbocycles. The molecule has 3 aromatic rings. The quantitative estimate of drug-likeness (QED) is 0.518. The van der Waals surface area contributed by atoms with Crippen LogP contribution in [0.4, 0.5) is 0 Å². The average Bonchev–Trinajstić information content (AvgIpc) is 2.76. The highest BCUT2D eigenvalue weighted by Crippen LogP contribution is 2.14. The zero-order chi connectivity index (χ0) is 22.2. The minimum absolute atomic E-state index is 0.0246. The van der Waals surface area contributed by atoms with E-state index in [-0.39, 0.29) is 30.9 Å². The maximum atomic E-state index is 12.0. The molecule has 0 bridgehead atoms. The molecule has 0 unspecified atom stereocenters. The summed E-state index contributed by atoms with van der Waals surface area (Å²) in [5.74, 6) is 0.0360. The van der Waals surface area contributed by atoms with Crippen molar-refractivity contribution in [3.05, 3.63) is 75.8 Å². The maximum Gasteiger partial charge on any atom is 0.306 e. The van der Waals surface area contributed by atoms with Crippen molar-refractivity contribution < 1.29 is 14.3 Å². The second-order valence-corrected chi connectivity index (χ2v) is 7.69. The van der Waals surface area contributed by atoms with Gasteiger partial charge >= 0.3 is 5.97 Å². The monoisotopic (exact) mass is 421 g/mol. The van der Waals surface area contributed by atoms with Crippen molar-refractivity contribution in [3.8, 4) is 0 Å². The predicted octanol–water partition coefficient (Wildman–Crippen LogP) is 2.88. The summed E-state index contributed by atoms with van der Waals surface area (Å²) < 4.78 is 5.02. The number of aromatic amines is 1. The fourth-order valence-electron chi connectivity index (χ4n) is 3.16. The lowest BCUT2D eigenvalue weighted by atomic mass is 10.0. The van der Waals surface area contributed by atoms with Gasteiger partial charge < -0.3 is 15.0 Å². The molecule has 0 saturated carbocycles. The van der Waals surface area contributed by atoms with Crippen LogP contribution in [-0.4, -0.2) is 35.0 Å². The standard InChI is InChI=1S/C24H27N3O4/c1-16(2)18-9-7-17(8-10-18)13-14-25-22(28)15-31-23(29)12-11-21-26-20-6-4-3-5-19(20)24(30)27-21/h3-10,16H,11-15H2,1-2H3,(H,25,28)(H,26,27,30). The Bertz CT molecular complexity index is 1100. The van der Waals surface area contributed by atoms with Gasteiger partial charge in [0.1, 0.15) is 5.82 Å². The molecule has 0 atom stereocenters. The third kappa shape index (κ3) is 6.50. The third-order valence-corrected chi connectivity index (χ3v) is 4.97. The fraction of sp³-hybridized carbons (Fsp3) is 0.333. The maximum absolute atomic E-state index is 12.0. The second-order valence-electron chi connectivity index (χ2n) is 7.69. The van der Waals surface area contributed by atoms with Crippen LogP contribution in [0.15, 0.2) is 53.3 Å². The molecule has 0 aliphatic carbocycles. The number of hydrogen-bond acceptors (Lipinski definition) is 5. The van der Waals surface area contributed by atoms with Gasteiger partial charge in [0.25, 0.3) is 11.5 Å². The molecule has 0 aliphatic rings. The Kier molecular flexibility index (Phi) is 7.54. The lowest BCUT2D eigenvalue weighted by Gasteiger charge is -2.08. The van der Waals surface area contributed by atoms with Gasteiger partial charge in [0.05, 0.1) is 17.3 Å². The molecule has 0 aliphatic heterocycles. The molecule has 1 aromatic heterocycles. The van der Waals surface area contributed by atoms with E-state index in [4.69, 9.17) is 4.74 Å². The number of nitrogens with zero attached hydrogens (tertiary/aromatic N) is 1. The Hall–Kier alpha value is -3.48. The number of aromatic nitrogens is 2. The molecule has 0 spiro atoms. The summed E-state index contributed by atoms with van der Waals surface area (Å²) >= 11 is 0. The highest BCUT2D eigenvalue weighted by Gasteiger charge is 2.10. The number of nitrogens with one attached hydrogen (secondary N) is 2. The zero-order valence-corrected chi connectivity index (χ0v) is 17.8. The summed E-state index contributed by atoms with van der Waals surface area (Å²) in [5.41, 5.74) is 2.75. The van der Waals surface area contributed by atoms with Gasteiger partial charge in [-0.1, -0.05) is 50.2 Å². The van der Waals surface area contributed by atoms with Crippen LogP contribution in [0.2, 0.25) is 0 Å².